The molecule has 1 rings (SSSR count). The Labute approximate surface area is 107 Å². The molecule has 18 heavy (non-hydrogen) atoms. The summed E-state index contributed by atoms with van der Waals surface area (Å²) in [7, 11) is 5.57. The number of amides is 1. The number of aromatic nitrogens is 1. The summed E-state index contributed by atoms with van der Waals surface area (Å²) in [5.74, 6) is 0.410. The fraction of sp³-hybridized carbons (Fsp3) is 0.667. The molecule has 0 aromatic carbocycles. The Hall–Kier alpha value is -1.40. The molecule has 0 aliphatic rings. The SMILES string of the molecule is COCc1c(C(=O)NCCCN(C)C)noc1C. The smallest absolute Gasteiger partial charge is 0.273 e. The Balaban J connectivity index is 2.51. The minimum Gasteiger partial charge on any atom is -0.380 e. The molecule has 0 saturated heterocycles. The quantitative estimate of drug-likeness (QED) is 0.730. The standard InChI is InChI=1S/C12H21N3O3/c1-9-10(8-17-4)11(14-18-9)12(16)13-6-5-7-15(2)3/h5-8H2,1-4H3,(H,13,16). The van der Waals surface area contributed by atoms with Gasteiger partial charge in [-0.3, -0.25) is 4.79 Å². The topological polar surface area (TPSA) is 67.6 Å². The molecule has 0 aliphatic carbocycles. The van der Waals surface area contributed by atoms with Crippen LogP contribution in [0.1, 0.15) is 28.2 Å². The van der Waals surface area contributed by atoms with E-state index in [2.05, 4.69) is 15.4 Å². The van der Waals surface area contributed by atoms with E-state index in [1.165, 1.54) is 0 Å². The first-order valence-electron chi connectivity index (χ1n) is 5.93. The van der Waals surface area contributed by atoms with E-state index in [9.17, 15) is 4.79 Å². The fourth-order valence-corrected chi connectivity index (χ4v) is 1.56. The molecule has 0 saturated carbocycles. The lowest BCUT2D eigenvalue weighted by atomic mass is 10.2. The van der Waals surface area contributed by atoms with Gasteiger partial charge in [-0.2, -0.15) is 0 Å². The summed E-state index contributed by atoms with van der Waals surface area (Å²) >= 11 is 0. The molecular formula is C12H21N3O3. The number of methoxy groups -OCH3 is 1. The van der Waals surface area contributed by atoms with Gasteiger partial charge in [-0.05, 0) is 34.0 Å². The minimum absolute atomic E-state index is 0.211. The Morgan fingerprint density at radius 3 is 2.83 bits per heavy atom. The van der Waals surface area contributed by atoms with Crippen molar-refractivity contribution in [3.8, 4) is 0 Å². The normalized spacial score (nSPS) is 10.9. The second-order valence-corrected chi connectivity index (χ2v) is 4.41. The summed E-state index contributed by atoms with van der Waals surface area (Å²) in [4.78, 5) is 14.0. The number of aryl methyl sites for hydroxylation is 1. The summed E-state index contributed by atoms with van der Waals surface area (Å²) in [6.45, 7) is 3.65. The predicted octanol–water partition coefficient (Wildman–Crippen LogP) is 0.811. The number of ether oxygens (including phenoxy) is 1. The third kappa shape index (κ3) is 4.12. The van der Waals surface area contributed by atoms with Crippen LogP contribution in [-0.2, 0) is 11.3 Å². The molecule has 6 nitrogen and oxygen atoms in total. The number of hydrogen-bond donors (Lipinski definition) is 1. The van der Waals surface area contributed by atoms with Gasteiger partial charge < -0.3 is 19.5 Å². The van der Waals surface area contributed by atoms with Crippen LogP contribution < -0.4 is 5.32 Å². The van der Waals surface area contributed by atoms with E-state index < -0.39 is 0 Å². The average molecular weight is 255 g/mol. The Bertz CT molecular complexity index is 388. The highest BCUT2D eigenvalue weighted by Crippen LogP contribution is 2.14. The maximum atomic E-state index is 11.9. The van der Waals surface area contributed by atoms with Gasteiger partial charge >= 0.3 is 0 Å². The monoisotopic (exact) mass is 255 g/mol. The highest BCUT2D eigenvalue weighted by Gasteiger charge is 2.18. The zero-order valence-electron chi connectivity index (χ0n) is 11.4. The van der Waals surface area contributed by atoms with Gasteiger partial charge in [-0.25, -0.2) is 0 Å². The molecule has 1 N–H and O–H groups in total. The molecule has 102 valence electrons. The fourth-order valence-electron chi connectivity index (χ4n) is 1.56. The molecule has 1 aromatic heterocycles. The second kappa shape index (κ2) is 7.13. The van der Waals surface area contributed by atoms with E-state index in [4.69, 9.17) is 9.26 Å². The molecule has 0 atom stereocenters. The number of carbonyl (C=O) groups is 1. The van der Waals surface area contributed by atoms with Crippen LogP contribution in [0.15, 0.2) is 4.52 Å². The highest BCUT2D eigenvalue weighted by atomic mass is 16.5. The molecule has 0 unspecified atom stereocenters. The van der Waals surface area contributed by atoms with E-state index in [0.717, 1.165) is 13.0 Å². The lowest BCUT2D eigenvalue weighted by molar-refractivity contribution is 0.0939. The van der Waals surface area contributed by atoms with E-state index in [0.29, 0.717) is 30.2 Å². The highest BCUT2D eigenvalue weighted by molar-refractivity contribution is 5.93. The zero-order valence-corrected chi connectivity index (χ0v) is 11.4. The molecule has 0 aliphatic heterocycles. The first-order chi connectivity index (χ1) is 8.56. The number of hydrogen-bond acceptors (Lipinski definition) is 5. The third-order valence-electron chi connectivity index (χ3n) is 2.56. The van der Waals surface area contributed by atoms with Crippen molar-refractivity contribution >= 4 is 5.91 Å². The van der Waals surface area contributed by atoms with Crippen LogP contribution in [0.4, 0.5) is 0 Å². The van der Waals surface area contributed by atoms with E-state index in [1.807, 2.05) is 14.1 Å². The lowest BCUT2D eigenvalue weighted by Crippen LogP contribution is -2.28. The van der Waals surface area contributed by atoms with Crippen molar-refractivity contribution in [2.75, 3.05) is 34.3 Å². The molecule has 0 fully saturated rings. The predicted molar refractivity (Wildman–Crippen MR) is 67.5 cm³/mol. The van der Waals surface area contributed by atoms with Crippen molar-refractivity contribution in [1.82, 2.24) is 15.4 Å². The summed E-state index contributed by atoms with van der Waals surface area (Å²) in [6, 6.07) is 0. The number of carbonyl (C=O) groups excluding carboxylic acids is 1. The van der Waals surface area contributed by atoms with Crippen molar-refractivity contribution in [3.63, 3.8) is 0 Å². The number of nitrogens with zero attached hydrogens (tertiary/aromatic N) is 2. The Morgan fingerprint density at radius 1 is 1.50 bits per heavy atom. The first kappa shape index (κ1) is 14.7. The number of rotatable bonds is 7. The van der Waals surface area contributed by atoms with Crippen LogP contribution >= 0.6 is 0 Å². The van der Waals surface area contributed by atoms with Gasteiger partial charge in [0.2, 0.25) is 0 Å². The molecule has 6 heteroatoms. The summed E-state index contributed by atoms with van der Waals surface area (Å²) in [5.41, 5.74) is 1.03. The maximum absolute atomic E-state index is 11.9. The Kier molecular flexibility index (Phi) is 5.80. The van der Waals surface area contributed by atoms with Crippen LogP contribution in [0, 0.1) is 6.92 Å². The van der Waals surface area contributed by atoms with E-state index >= 15 is 0 Å². The first-order valence-corrected chi connectivity index (χ1v) is 5.93. The summed E-state index contributed by atoms with van der Waals surface area (Å²) in [5, 5.41) is 6.59. The van der Waals surface area contributed by atoms with E-state index in [-0.39, 0.29) is 5.91 Å². The van der Waals surface area contributed by atoms with Crippen molar-refractivity contribution < 1.29 is 14.1 Å². The second-order valence-electron chi connectivity index (χ2n) is 4.41. The van der Waals surface area contributed by atoms with Gasteiger partial charge in [0.25, 0.3) is 5.91 Å². The molecule has 0 radical (unpaired) electrons. The van der Waals surface area contributed by atoms with E-state index in [1.54, 1.807) is 14.0 Å². The molecule has 0 spiro atoms. The van der Waals surface area contributed by atoms with Gasteiger partial charge in [-0.15, -0.1) is 0 Å². The third-order valence-corrected chi connectivity index (χ3v) is 2.56. The molecule has 1 amide bonds. The van der Waals surface area contributed by atoms with Crippen molar-refractivity contribution in [3.05, 3.63) is 17.0 Å². The zero-order chi connectivity index (χ0) is 13.5. The summed E-state index contributed by atoms with van der Waals surface area (Å²) < 4.78 is 10.0. The average Bonchev–Trinajstić information content (AvgIpc) is 2.67. The van der Waals surface area contributed by atoms with Gasteiger partial charge in [0, 0.05) is 13.7 Å². The summed E-state index contributed by atoms with van der Waals surface area (Å²) in [6.07, 6.45) is 0.898. The van der Waals surface area contributed by atoms with Gasteiger partial charge in [-0.1, -0.05) is 5.16 Å². The van der Waals surface area contributed by atoms with Crippen LogP contribution in [0.3, 0.4) is 0 Å². The van der Waals surface area contributed by atoms with Crippen LogP contribution in [-0.4, -0.2) is 50.3 Å². The largest absolute Gasteiger partial charge is 0.380 e. The van der Waals surface area contributed by atoms with Crippen molar-refractivity contribution in [2.24, 2.45) is 0 Å². The Morgan fingerprint density at radius 2 is 2.22 bits per heavy atom. The van der Waals surface area contributed by atoms with Gasteiger partial charge in [0.1, 0.15) is 5.76 Å². The van der Waals surface area contributed by atoms with Crippen LogP contribution in [0.25, 0.3) is 0 Å². The van der Waals surface area contributed by atoms with Gasteiger partial charge in [0.05, 0.1) is 12.2 Å². The van der Waals surface area contributed by atoms with Crippen molar-refractivity contribution in [2.45, 2.75) is 20.0 Å². The van der Waals surface area contributed by atoms with Crippen molar-refractivity contribution in [1.29, 1.82) is 0 Å². The number of nitrogens with one attached hydrogen (secondary N) is 1. The minimum atomic E-state index is -0.211. The lowest BCUT2D eigenvalue weighted by Gasteiger charge is -2.09. The van der Waals surface area contributed by atoms with Crippen LogP contribution in [0.2, 0.25) is 0 Å². The van der Waals surface area contributed by atoms with Gasteiger partial charge in [0.15, 0.2) is 5.69 Å². The molecule has 1 heterocycles. The molecular weight excluding hydrogens is 234 g/mol. The van der Waals surface area contributed by atoms with Crippen LogP contribution in [0.5, 0.6) is 0 Å². The maximum Gasteiger partial charge on any atom is 0.273 e. The molecule has 1 aromatic rings. The molecule has 0 bridgehead atoms.